The summed E-state index contributed by atoms with van der Waals surface area (Å²) in [4.78, 5) is 15.7. The highest BCUT2D eigenvalue weighted by molar-refractivity contribution is 5.92. The summed E-state index contributed by atoms with van der Waals surface area (Å²) in [5, 5.41) is 0. The quantitative estimate of drug-likeness (QED) is 0.634. The lowest BCUT2D eigenvalue weighted by Crippen LogP contribution is -2.13. The molecule has 0 aromatic carbocycles. The van der Waals surface area contributed by atoms with Gasteiger partial charge < -0.3 is 15.0 Å². The molecule has 0 aliphatic carbocycles. The zero-order valence-corrected chi connectivity index (χ0v) is 10.4. The fourth-order valence-electron chi connectivity index (χ4n) is 1.68. The Balaban J connectivity index is 3.19. The maximum Gasteiger partial charge on any atom is 0.360 e. The second kappa shape index (κ2) is 5.39. The highest BCUT2D eigenvalue weighted by Crippen LogP contribution is 2.22. The Labute approximate surface area is 101 Å². The van der Waals surface area contributed by atoms with Crippen LogP contribution in [0.4, 0.5) is 5.82 Å². The average molecular weight is 235 g/mol. The first-order chi connectivity index (χ1) is 8.06. The van der Waals surface area contributed by atoms with Gasteiger partial charge in [0.15, 0.2) is 5.69 Å². The number of terminal acetylenes is 1. The summed E-state index contributed by atoms with van der Waals surface area (Å²) in [5.41, 5.74) is 6.03. The minimum Gasteiger partial charge on any atom is -0.461 e. The number of nitrogens with two attached hydrogens (primary N) is 1. The van der Waals surface area contributed by atoms with Gasteiger partial charge in [-0.2, -0.15) is 0 Å². The summed E-state index contributed by atoms with van der Waals surface area (Å²) in [7, 11) is 0. The van der Waals surface area contributed by atoms with Gasteiger partial charge in [0, 0.05) is 0 Å². The van der Waals surface area contributed by atoms with Gasteiger partial charge in [-0.15, -0.1) is 6.42 Å². The van der Waals surface area contributed by atoms with Crippen LogP contribution in [-0.2, 0) is 4.74 Å². The van der Waals surface area contributed by atoms with Crippen LogP contribution < -0.4 is 5.73 Å². The fourth-order valence-corrected chi connectivity index (χ4v) is 1.68. The normalized spacial score (nSPS) is 11.9. The van der Waals surface area contributed by atoms with Crippen LogP contribution in [-0.4, -0.2) is 22.1 Å². The number of hydrogen-bond donors (Lipinski definition) is 1. The number of esters is 1. The van der Waals surface area contributed by atoms with Crippen LogP contribution in [0.5, 0.6) is 0 Å². The topological polar surface area (TPSA) is 70.1 Å². The Morgan fingerprint density at radius 2 is 2.29 bits per heavy atom. The van der Waals surface area contributed by atoms with Crippen molar-refractivity contribution in [3.8, 4) is 12.3 Å². The Kier molecular flexibility index (Phi) is 4.16. The molecule has 0 aliphatic rings. The molecule has 1 aromatic rings. The molecule has 1 heterocycles. The maximum atomic E-state index is 11.6. The van der Waals surface area contributed by atoms with E-state index in [9.17, 15) is 4.79 Å². The van der Waals surface area contributed by atoms with Crippen molar-refractivity contribution < 1.29 is 9.53 Å². The number of ether oxygens (including phenoxy) is 1. The van der Waals surface area contributed by atoms with E-state index in [0.717, 1.165) is 6.42 Å². The van der Waals surface area contributed by atoms with E-state index in [2.05, 4.69) is 10.9 Å². The third kappa shape index (κ3) is 2.41. The summed E-state index contributed by atoms with van der Waals surface area (Å²) in [5.74, 6) is 3.00. The van der Waals surface area contributed by atoms with E-state index in [1.54, 1.807) is 18.4 Å². The molecule has 0 saturated heterocycles. The first-order valence-electron chi connectivity index (χ1n) is 5.54. The van der Waals surface area contributed by atoms with Crippen molar-refractivity contribution in [2.24, 2.45) is 0 Å². The minimum atomic E-state index is -0.515. The molecule has 1 unspecified atom stereocenters. The molecule has 5 heteroatoms. The second-order valence-electron chi connectivity index (χ2n) is 3.57. The van der Waals surface area contributed by atoms with Crippen molar-refractivity contribution in [1.29, 1.82) is 0 Å². The molecule has 0 saturated carbocycles. The molecule has 1 atom stereocenters. The predicted molar refractivity (Wildman–Crippen MR) is 65.5 cm³/mol. The first kappa shape index (κ1) is 13.1. The molecule has 0 amide bonds. The van der Waals surface area contributed by atoms with Crippen LogP contribution in [0.3, 0.4) is 0 Å². The number of rotatable bonds is 4. The average Bonchev–Trinajstić information content (AvgIpc) is 2.59. The highest BCUT2D eigenvalue weighted by Gasteiger charge is 2.22. The van der Waals surface area contributed by atoms with Crippen LogP contribution in [0.2, 0.25) is 0 Å². The van der Waals surface area contributed by atoms with Gasteiger partial charge >= 0.3 is 5.97 Å². The lowest BCUT2D eigenvalue weighted by atomic mass is 10.2. The molecule has 92 valence electrons. The predicted octanol–water partition coefficient (Wildman–Crippen LogP) is 1.53. The Morgan fingerprint density at radius 1 is 1.65 bits per heavy atom. The number of carbonyl (C=O) groups excluding carboxylic acids is 1. The number of nitrogens with zero attached hydrogens (tertiary/aromatic N) is 2. The second-order valence-corrected chi connectivity index (χ2v) is 3.57. The monoisotopic (exact) mass is 235 g/mol. The van der Waals surface area contributed by atoms with E-state index in [1.165, 1.54) is 0 Å². The third-order valence-corrected chi connectivity index (χ3v) is 2.48. The van der Waals surface area contributed by atoms with Gasteiger partial charge in [0.25, 0.3) is 0 Å². The lowest BCUT2D eigenvalue weighted by molar-refractivity contribution is 0.0521. The molecular formula is C12H17N3O2. The standard InChI is InChI=1S/C12H17N3O2/c1-5-9(6-2)15-8(4)14-10(11(15)13)12(16)17-7-3/h1,9H,6-7,13H2,2-4H3. The summed E-state index contributed by atoms with van der Waals surface area (Å²) in [6.07, 6.45) is 6.15. The molecule has 1 rings (SSSR count). The molecule has 2 N–H and O–H groups in total. The third-order valence-electron chi connectivity index (χ3n) is 2.48. The van der Waals surface area contributed by atoms with E-state index >= 15 is 0 Å². The zero-order chi connectivity index (χ0) is 13.0. The lowest BCUT2D eigenvalue weighted by Gasteiger charge is -2.13. The smallest absolute Gasteiger partial charge is 0.360 e. The van der Waals surface area contributed by atoms with Gasteiger partial charge in [0.1, 0.15) is 11.6 Å². The van der Waals surface area contributed by atoms with Crippen molar-refractivity contribution in [3.63, 3.8) is 0 Å². The van der Waals surface area contributed by atoms with Crippen molar-refractivity contribution >= 4 is 11.8 Å². The number of aromatic nitrogens is 2. The zero-order valence-electron chi connectivity index (χ0n) is 10.4. The molecule has 0 radical (unpaired) electrons. The number of imidazole rings is 1. The maximum absolute atomic E-state index is 11.6. The van der Waals surface area contributed by atoms with Crippen LogP contribution in [0.25, 0.3) is 0 Å². The van der Waals surface area contributed by atoms with E-state index in [4.69, 9.17) is 16.9 Å². The van der Waals surface area contributed by atoms with Gasteiger partial charge in [-0.05, 0) is 20.3 Å². The summed E-state index contributed by atoms with van der Waals surface area (Å²) >= 11 is 0. The molecule has 0 fully saturated rings. The van der Waals surface area contributed by atoms with Crippen molar-refractivity contribution in [2.75, 3.05) is 12.3 Å². The van der Waals surface area contributed by atoms with Crippen LogP contribution in [0.1, 0.15) is 42.6 Å². The molecule has 5 nitrogen and oxygen atoms in total. The highest BCUT2D eigenvalue weighted by atomic mass is 16.5. The van der Waals surface area contributed by atoms with Crippen molar-refractivity contribution in [1.82, 2.24) is 9.55 Å². The van der Waals surface area contributed by atoms with Crippen molar-refractivity contribution in [2.45, 2.75) is 33.2 Å². The molecule has 0 bridgehead atoms. The Bertz CT molecular complexity index is 457. The molecule has 17 heavy (non-hydrogen) atoms. The van der Waals surface area contributed by atoms with Gasteiger partial charge in [0.05, 0.1) is 12.6 Å². The number of anilines is 1. The summed E-state index contributed by atoms with van der Waals surface area (Å²) in [6.45, 7) is 5.73. The number of hydrogen-bond acceptors (Lipinski definition) is 4. The van der Waals surface area contributed by atoms with E-state index < -0.39 is 5.97 Å². The SMILES string of the molecule is C#CC(CC)n1c(C)nc(C(=O)OCC)c1N. The Morgan fingerprint density at radius 3 is 2.76 bits per heavy atom. The van der Waals surface area contributed by atoms with Crippen molar-refractivity contribution in [3.05, 3.63) is 11.5 Å². The minimum absolute atomic E-state index is 0.137. The fraction of sp³-hybridized carbons (Fsp3) is 0.500. The number of nitrogen functional groups attached to an aromatic ring is 1. The van der Waals surface area contributed by atoms with Crippen LogP contribution >= 0.6 is 0 Å². The van der Waals surface area contributed by atoms with Gasteiger partial charge in [-0.1, -0.05) is 12.8 Å². The molecule has 0 aliphatic heterocycles. The Hall–Kier alpha value is -1.96. The molecular weight excluding hydrogens is 218 g/mol. The van der Waals surface area contributed by atoms with Gasteiger partial charge in [-0.3, -0.25) is 0 Å². The van der Waals surface area contributed by atoms with Gasteiger partial charge in [0.2, 0.25) is 0 Å². The largest absolute Gasteiger partial charge is 0.461 e. The van der Waals surface area contributed by atoms with Crippen LogP contribution in [0.15, 0.2) is 0 Å². The number of aryl methyl sites for hydroxylation is 1. The summed E-state index contributed by atoms with van der Waals surface area (Å²) in [6, 6.07) is -0.189. The van der Waals surface area contributed by atoms with E-state index in [-0.39, 0.29) is 24.2 Å². The van der Waals surface area contributed by atoms with E-state index in [0.29, 0.717) is 5.82 Å². The molecule has 0 spiro atoms. The van der Waals surface area contributed by atoms with E-state index in [1.807, 2.05) is 6.92 Å². The summed E-state index contributed by atoms with van der Waals surface area (Å²) < 4.78 is 6.56. The van der Waals surface area contributed by atoms with Crippen LogP contribution in [0, 0.1) is 19.3 Å². The molecule has 1 aromatic heterocycles. The first-order valence-corrected chi connectivity index (χ1v) is 5.54. The number of carbonyl (C=O) groups is 1. The van der Waals surface area contributed by atoms with Gasteiger partial charge in [-0.25, -0.2) is 9.78 Å².